The van der Waals surface area contributed by atoms with Gasteiger partial charge in [0.25, 0.3) is 0 Å². The molecule has 0 saturated carbocycles. The number of carbonyl (C=O) groups excluding carboxylic acids is 1. The molecule has 5 heteroatoms. The number of amides is 2. The van der Waals surface area contributed by atoms with Crippen LogP contribution in [0.5, 0.6) is 0 Å². The maximum atomic E-state index is 10.7. The molecule has 0 aliphatic heterocycles. The van der Waals surface area contributed by atoms with E-state index in [1.54, 1.807) is 6.92 Å². The molecule has 0 aromatic rings. The number of aliphatic hydroxyl groups is 1. The van der Waals surface area contributed by atoms with Gasteiger partial charge in [-0.25, -0.2) is 10.2 Å². The highest BCUT2D eigenvalue weighted by molar-refractivity contribution is 5.74. The van der Waals surface area contributed by atoms with E-state index >= 15 is 0 Å². The molecule has 0 bridgehead atoms. The zero-order valence-electron chi connectivity index (χ0n) is 6.50. The Bertz CT molecular complexity index is 136. The van der Waals surface area contributed by atoms with Crippen molar-refractivity contribution in [2.45, 2.75) is 13.3 Å². The van der Waals surface area contributed by atoms with Gasteiger partial charge in [-0.1, -0.05) is 0 Å². The molecule has 2 amide bonds. The summed E-state index contributed by atoms with van der Waals surface area (Å²) in [5.74, 6) is 0. The van der Waals surface area contributed by atoms with E-state index in [1.807, 2.05) is 0 Å². The largest absolute Gasteiger partial charge is 0.396 e. The SMILES string of the molecule is CC=NNC(=O)NCCCO. The summed E-state index contributed by atoms with van der Waals surface area (Å²) in [4.78, 5) is 10.7. The summed E-state index contributed by atoms with van der Waals surface area (Å²) in [5, 5.41) is 14.3. The first-order valence-corrected chi connectivity index (χ1v) is 3.43. The predicted molar refractivity (Wildman–Crippen MR) is 42.4 cm³/mol. The van der Waals surface area contributed by atoms with Crippen molar-refractivity contribution in [1.29, 1.82) is 0 Å². The fourth-order valence-corrected chi connectivity index (χ4v) is 0.444. The van der Waals surface area contributed by atoms with Crippen molar-refractivity contribution in [1.82, 2.24) is 10.7 Å². The van der Waals surface area contributed by atoms with Gasteiger partial charge in [0.05, 0.1) is 0 Å². The van der Waals surface area contributed by atoms with E-state index in [4.69, 9.17) is 5.11 Å². The van der Waals surface area contributed by atoms with E-state index < -0.39 is 0 Å². The Morgan fingerprint density at radius 3 is 3.00 bits per heavy atom. The average Bonchev–Trinajstić information content (AvgIpc) is 2.01. The third-order valence-corrected chi connectivity index (χ3v) is 0.916. The highest BCUT2D eigenvalue weighted by atomic mass is 16.3. The zero-order chi connectivity index (χ0) is 8.53. The van der Waals surface area contributed by atoms with E-state index in [0.29, 0.717) is 13.0 Å². The fraction of sp³-hybridized carbons (Fsp3) is 0.667. The molecule has 0 saturated heterocycles. The Hall–Kier alpha value is -1.10. The van der Waals surface area contributed by atoms with Crippen LogP contribution in [0.3, 0.4) is 0 Å². The summed E-state index contributed by atoms with van der Waals surface area (Å²) in [7, 11) is 0. The van der Waals surface area contributed by atoms with Crippen LogP contribution in [0.4, 0.5) is 4.79 Å². The van der Waals surface area contributed by atoms with Crippen molar-refractivity contribution in [3.63, 3.8) is 0 Å². The molecular weight excluding hydrogens is 146 g/mol. The molecular formula is C6H13N3O2. The van der Waals surface area contributed by atoms with Crippen LogP contribution in [0.1, 0.15) is 13.3 Å². The maximum Gasteiger partial charge on any atom is 0.335 e. The van der Waals surface area contributed by atoms with E-state index in [-0.39, 0.29) is 12.6 Å². The molecule has 0 aromatic heterocycles. The highest BCUT2D eigenvalue weighted by Gasteiger charge is 1.93. The minimum atomic E-state index is -0.350. The Kier molecular flexibility index (Phi) is 6.31. The summed E-state index contributed by atoms with van der Waals surface area (Å²) < 4.78 is 0. The van der Waals surface area contributed by atoms with Crippen molar-refractivity contribution < 1.29 is 9.90 Å². The van der Waals surface area contributed by atoms with E-state index in [9.17, 15) is 4.79 Å². The third-order valence-electron chi connectivity index (χ3n) is 0.916. The zero-order valence-corrected chi connectivity index (χ0v) is 6.50. The fourth-order valence-electron chi connectivity index (χ4n) is 0.444. The molecule has 0 fully saturated rings. The molecule has 0 aromatic carbocycles. The molecule has 0 aliphatic rings. The molecule has 0 aliphatic carbocycles. The summed E-state index contributed by atoms with van der Waals surface area (Å²) in [6.45, 7) is 2.24. The van der Waals surface area contributed by atoms with Gasteiger partial charge >= 0.3 is 6.03 Å². The molecule has 0 rings (SSSR count). The first kappa shape index (κ1) is 9.90. The van der Waals surface area contributed by atoms with Gasteiger partial charge in [0.1, 0.15) is 0 Å². The smallest absolute Gasteiger partial charge is 0.335 e. The predicted octanol–water partition coefficient (Wildman–Crippen LogP) is -0.326. The molecule has 0 heterocycles. The van der Waals surface area contributed by atoms with Gasteiger partial charge in [0.15, 0.2) is 0 Å². The standard InChI is InChI=1S/C6H13N3O2/c1-2-8-9-6(11)7-4-3-5-10/h2,10H,3-5H2,1H3,(H2,7,9,11). The molecule has 3 N–H and O–H groups in total. The molecule has 64 valence electrons. The minimum absolute atomic E-state index is 0.0807. The van der Waals surface area contributed by atoms with Crippen LogP contribution in [0.25, 0.3) is 0 Å². The van der Waals surface area contributed by atoms with Crippen LogP contribution in [-0.4, -0.2) is 30.5 Å². The first-order chi connectivity index (χ1) is 5.31. The van der Waals surface area contributed by atoms with Crippen molar-refractivity contribution in [3.8, 4) is 0 Å². The van der Waals surface area contributed by atoms with E-state index in [2.05, 4.69) is 15.8 Å². The van der Waals surface area contributed by atoms with Crippen LogP contribution in [-0.2, 0) is 0 Å². The Labute approximate surface area is 65.5 Å². The number of rotatable bonds is 4. The lowest BCUT2D eigenvalue weighted by molar-refractivity contribution is 0.238. The lowest BCUT2D eigenvalue weighted by Crippen LogP contribution is -2.33. The van der Waals surface area contributed by atoms with Crippen molar-refractivity contribution in [3.05, 3.63) is 0 Å². The lowest BCUT2D eigenvalue weighted by Gasteiger charge is -2.00. The summed E-state index contributed by atoms with van der Waals surface area (Å²) in [5.41, 5.74) is 2.23. The molecule has 0 atom stereocenters. The summed E-state index contributed by atoms with van der Waals surface area (Å²) in [6, 6.07) is -0.350. The van der Waals surface area contributed by atoms with Gasteiger partial charge in [-0.15, -0.1) is 0 Å². The topological polar surface area (TPSA) is 73.7 Å². The second-order valence-corrected chi connectivity index (χ2v) is 1.83. The summed E-state index contributed by atoms with van der Waals surface area (Å²) in [6.07, 6.45) is 2.04. The van der Waals surface area contributed by atoms with Crippen molar-refractivity contribution >= 4 is 12.2 Å². The normalized spacial score (nSPS) is 10.0. The van der Waals surface area contributed by atoms with E-state index in [1.165, 1.54) is 6.21 Å². The highest BCUT2D eigenvalue weighted by Crippen LogP contribution is 1.71. The lowest BCUT2D eigenvalue weighted by atomic mass is 10.4. The second kappa shape index (κ2) is 7.01. The minimum Gasteiger partial charge on any atom is -0.396 e. The monoisotopic (exact) mass is 159 g/mol. The first-order valence-electron chi connectivity index (χ1n) is 3.43. The van der Waals surface area contributed by atoms with Gasteiger partial charge in [-0.3, -0.25) is 0 Å². The molecule has 5 nitrogen and oxygen atoms in total. The number of hydrogen-bond donors (Lipinski definition) is 3. The van der Waals surface area contributed by atoms with Gasteiger partial charge in [0, 0.05) is 19.4 Å². The van der Waals surface area contributed by atoms with E-state index in [0.717, 1.165) is 0 Å². The Morgan fingerprint density at radius 2 is 2.45 bits per heavy atom. The molecule has 0 radical (unpaired) electrons. The number of aliphatic hydroxyl groups excluding tert-OH is 1. The Morgan fingerprint density at radius 1 is 1.73 bits per heavy atom. The van der Waals surface area contributed by atoms with Crippen LogP contribution < -0.4 is 10.7 Å². The number of carbonyl (C=O) groups is 1. The van der Waals surface area contributed by atoms with Gasteiger partial charge < -0.3 is 10.4 Å². The van der Waals surface area contributed by atoms with Crippen LogP contribution in [0, 0.1) is 0 Å². The molecule has 0 unspecified atom stereocenters. The van der Waals surface area contributed by atoms with Crippen LogP contribution in [0.15, 0.2) is 5.10 Å². The maximum absolute atomic E-state index is 10.7. The van der Waals surface area contributed by atoms with Crippen LogP contribution >= 0.6 is 0 Å². The number of urea groups is 1. The van der Waals surface area contributed by atoms with Gasteiger partial charge in [-0.2, -0.15) is 5.10 Å². The number of nitrogens with zero attached hydrogens (tertiary/aromatic N) is 1. The van der Waals surface area contributed by atoms with Gasteiger partial charge in [0.2, 0.25) is 0 Å². The molecule has 0 spiro atoms. The third kappa shape index (κ3) is 6.79. The number of hydrazone groups is 1. The quantitative estimate of drug-likeness (QED) is 0.298. The average molecular weight is 159 g/mol. The number of hydrogen-bond acceptors (Lipinski definition) is 3. The van der Waals surface area contributed by atoms with Crippen LogP contribution in [0.2, 0.25) is 0 Å². The second-order valence-electron chi connectivity index (χ2n) is 1.83. The molecule has 11 heavy (non-hydrogen) atoms. The summed E-state index contributed by atoms with van der Waals surface area (Å²) >= 11 is 0. The van der Waals surface area contributed by atoms with Gasteiger partial charge in [-0.05, 0) is 13.3 Å². The van der Waals surface area contributed by atoms with Crippen molar-refractivity contribution in [2.75, 3.05) is 13.2 Å². The Balaban J connectivity index is 3.23. The number of nitrogens with one attached hydrogen (secondary N) is 2. The van der Waals surface area contributed by atoms with Crippen molar-refractivity contribution in [2.24, 2.45) is 5.10 Å².